The SMILES string of the molecule is Cn1cc(-c2cccc(Br)c2)c(=S)c(-c2ccccc2Cl)n1. The summed E-state index contributed by atoms with van der Waals surface area (Å²) in [6, 6.07) is 15.7. The van der Waals surface area contributed by atoms with Crippen LogP contribution in [0.5, 0.6) is 0 Å². The molecule has 1 aromatic heterocycles. The molecular weight excluding hydrogens is 380 g/mol. The van der Waals surface area contributed by atoms with E-state index in [0.717, 1.165) is 26.9 Å². The third-order valence-electron chi connectivity index (χ3n) is 3.30. The molecule has 0 fully saturated rings. The van der Waals surface area contributed by atoms with Crippen LogP contribution in [0.15, 0.2) is 59.2 Å². The van der Waals surface area contributed by atoms with E-state index in [4.69, 9.17) is 23.8 Å². The Morgan fingerprint density at radius 1 is 1.09 bits per heavy atom. The fourth-order valence-corrected chi connectivity index (χ4v) is 3.24. The number of aryl methyl sites for hydroxylation is 1. The van der Waals surface area contributed by atoms with Gasteiger partial charge in [-0.2, -0.15) is 5.10 Å². The Kier molecular flexibility index (Phi) is 4.43. The summed E-state index contributed by atoms with van der Waals surface area (Å²) >= 11 is 15.5. The third-order valence-corrected chi connectivity index (χ3v) is 4.53. The fourth-order valence-electron chi connectivity index (χ4n) is 2.30. The zero-order chi connectivity index (χ0) is 15.7. The summed E-state index contributed by atoms with van der Waals surface area (Å²) in [5, 5.41) is 5.17. The second-order valence-corrected chi connectivity index (χ2v) is 6.62. The predicted octanol–water partition coefficient (Wildman–Crippen LogP) is 5.90. The summed E-state index contributed by atoms with van der Waals surface area (Å²) in [4.78, 5) is 0. The summed E-state index contributed by atoms with van der Waals surface area (Å²) in [7, 11) is 1.89. The van der Waals surface area contributed by atoms with Crippen molar-refractivity contribution in [1.82, 2.24) is 9.78 Å². The summed E-state index contributed by atoms with van der Waals surface area (Å²) in [5.41, 5.74) is 3.58. The second kappa shape index (κ2) is 6.32. The van der Waals surface area contributed by atoms with Gasteiger partial charge in [-0.3, -0.25) is 4.68 Å². The van der Waals surface area contributed by atoms with Crippen molar-refractivity contribution in [3.05, 3.63) is 68.7 Å². The molecule has 0 unspecified atom stereocenters. The van der Waals surface area contributed by atoms with Gasteiger partial charge in [-0.25, -0.2) is 0 Å². The van der Waals surface area contributed by atoms with Crippen LogP contribution >= 0.6 is 39.7 Å². The van der Waals surface area contributed by atoms with Crippen molar-refractivity contribution in [3.63, 3.8) is 0 Å². The molecule has 0 aliphatic heterocycles. The topological polar surface area (TPSA) is 17.8 Å². The molecule has 0 aliphatic rings. The molecule has 3 rings (SSSR count). The lowest BCUT2D eigenvalue weighted by molar-refractivity contribution is 0.744. The Hall–Kier alpha value is -1.49. The number of aromatic nitrogens is 2. The van der Waals surface area contributed by atoms with Gasteiger partial charge in [0, 0.05) is 28.8 Å². The molecule has 0 saturated carbocycles. The standard InChI is InChI=1S/C17H12BrClN2S/c1-21-10-14(11-5-4-6-12(18)9-11)17(22)16(20-21)13-7-2-3-8-15(13)19/h2-10H,1H3. The van der Waals surface area contributed by atoms with Gasteiger partial charge in [-0.05, 0) is 23.8 Å². The fraction of sp³-hybridized carbons (Fsp3) is 0.0588. The quantitative estimate of drug-likeness (QED) is 0.506. The maximum atomic E-state index is 6.30. The monoisotopic (exact) mass is 390 g/mol. The van der Waals surface area contributed by atoms with Crippen LogP contribution in [0.25, 0.3) is 22.4 Å². The van der Waals surface area contributed by atoms with E-state index in [0.29, 0.717) is 9.53 Å². The highest BCUT2D eigenvalue weighted by molar-refractivity contribution is 9.10. The average Bonchev–Trinajstić information content (AvgIpc) is 2.50. The lowest BCUT2D eigenvalue weighted by atomic mass is 10.0. The average molecular weight is 392 g/mol. The maximum Gasteiger partial charge on any atom is 0.111 e. The molecule has 0 spiro atoms. The molecular formula is C17H12BrClN2S. The van der Waals surface area contributed by atoms with E-state index in [-0.39, 0.29) is 0 Å². The summed E-state index contributed by atoms with van der Waals surface area (Å²) in [6.45, 7) is 0. The minimum atomic E-state index is 0.646. The van der Waals surface area contributed by atoms with E-state index in [1.54, 1.807) is 4.68 Å². The van der Waals surface area contributed by atoms with Crippen molar-refractivity contribution in [2.45, 2.75) is 0 Å². The molecule has 1 heterocycles. The van der Waals surface area contributed by atoms with Crippen LogP contribution in [0.1, 0.15) is 0 Å². The number of benzene rings is 2. The molecule has 0 bridgehead atoms. The van der Waals surface area contributed by atoms with Crippen LogP contribution in [-0.4, -0.2) is 9.78 Å². The lowest BCUT2D eigenvalue weighted by Gasteiger charge is -2.11. The maximum absolute atomic E-state index is 6.30. The zero-order valence-electron chi connectivity index (χ0n) is 11.8. The first-order chi connectivity index (χ1) is 10.6. The van der Waals surface area contributed by atoms with Crippen molar-refractivity contribution in [1.29, 1.82) is 0 Å². The van der Waals surface area contributed by atoms with Gasteiger partial charge in [0.1, 0.15) is 5.69 Å². The first-order valence-corrected chi connectivity index (χ1v) is 8.23. The van der Waals surface area contributed by atoms with Crippen LogP contribution in [0.2, 0.25) is 5.02 Å². The highest BCUT2D eigenvalue weighted by Crippen LogP contribution is 2.31. The van der Waals surface area contributed by atoms with Crippen LogP contribution < -0.4 is 0 Å². The summed E-state index contributed by atoms with van der Waals surface area (Å²) in [5.74, 6) is 0. The van der Waals surface area contributed by atoms with Crippen molar-refractivity contribution in [2.24, 2.45) is 7.05 Å². The second-order valence-electron chi connectivity index (χ2n) is 4.88. The molecule has 3 aromatic rings. The highest BCUT2D eigenvalue weighted by atomic mass is 79.9. The Morgan fingerprint density at radius 2 is 1.86 bits per heavy atom. The Balaban J connectivity index is 2.27. The first-order valence-electron chi connectivity index (χ1n) is 6.65. The predicted molar refractivity (Wildman–Crippen MR) is 97.6 cm³/mol. The van der Waals surface area contributed by atoms with E-state index < -0.39 is 0 Å². The third kappa shape index (κ3) is 3.00. The van der Waals surface area contributed by atoms with Crippen LogP contribution in [0, 0.1) is 4.51 Å². The summed E-state index contributed by atoms with van der Waals surface area (Å²) < 4.78 is 3.48. The molecule has 0 aliphatic carbocycles. The van der Waals surface area contributed by atoms with Gasteiger partial charge < -0.3 is 0 Å². The van der Waals surface area contributed by atoms with Gasteiger partial charge in [0.05, 0.1) is 9.53 Å². The number of nitrogens with zero attached hydrogens (tertiary/aromatic N) is 2. The number of halogens is 2. The zero-order valence-corrected chi connectivity index (χ0v) is 14.9. The number of hydrogen-bond donors (Lipinski definition) is 0. The van der Waals surface area contributed by atoms with Crippen molar-refractivity contribution in [3.8, 4) is 22.4 Å². The molecule has 0 radical (unpaired) electrons. The normalized spacial score (nSPS) is 10.7. The van der Waals surface area contributed by atoms with Gasteiger partial charge in [-0.15, -0.1) is 0 Å². The largest absolute Gasteiger partial charge is 0.275 e. The number of rotatable bonds is 2. The highest BCUT2D eigenvalue weighted by Gasteiger charge is 2.12. The Labute approximate surface area is 147 Å². The molecule has 22 heavy (non-hydrogen) atoms. The van der Waals surface area contributed by atoms with E-state index >= 15 is 0 Å². The molecule has 0 saturated heterocycles. The number of hydrogen-bond acceptors (Lipinski definition) is 2. The molecule has 0 atom stereocenters. The van der Waals surface area contributed by atoms with E-state index in [9.17, 15) is 0 Å². The van der Waals surface area contributed by atoms with E-state index in [2.05, 4.69) is 21.0 Å². The van der Waals surface area contributed by atoms with Gasteiger partial charge in [-0.1, -0.05) is 70.1 Å². The van der Waals surface area contributed by atoms with Crippen LogP contribution in [0.3, 0.4) is 0 Å². The van der Waals surface area contributed by atoms with Crippen molar-refractivity contribution >= 4 is 39.7 Å². The van der Waals surface area contributed by atoms with E-state index in [1.165, 1.54) is 0 Å². The van der Waals surface area contributed by atoms with Gasteiger partial charge in [0.2, 0.25) is 0 Å². The summed E-state index contributed by atoms with van der Waals surface area (Å²) in [6.07, 6.45) is 1.93. The van der Waals surface area contributed by atoms with Crippen molar-refractivity contribution in [2.75, 3.05) is 0 Å². The molecule has 0 amide bonds. The van der Waals surface area contributed by atoms with Gasteiger partial charge in [0.25, 0.3) is 0 Å². The van der Waals surface area contributed by atoms with Crippen LogP contribution in [0.4, 0.5) is 0 Å². The van der Waals surface area contributed by atoms with Crippen molar-refractivity contribution < 1.29 is 0 Å². The first kappa shape index (κ1) is 15.4. The molecule has 5 heteroatoms. The van der Waals surface area contributed by atoms with Crippen LogP contribution in [-0.2, 0) is 7.05 Å². The smallest absolute Gasteiger partial charge is 0.111 e. The molecule has 2 aromatic carbocycles. The molecule has 0 N–H and O–H groups in total. The van der Waals surface area contributed by atoms with E-state index in [1.807, 2.05) is 61.8 Å². The Bertz CT molecular complexity index is 905. The minimum Gasteiger partial charge on any atom is -0.275 e. The lowest BCUT2D eigenvalue weighted by Crippen LogP contribution is -2.01. The Morgan fingerprint density at radius 3 is 2.59 bits per heavy atom. The molecule has 110 valence electrons. The van der Waals surface area contributed by atoms with Gasteiger partial charge >= 0.3 is 0 Å². The van der Waals surface area contributed by atoms with Gasteiger partial charge in [0.15, 0.2) is 0 Å². The minimum absolute atomic E-state index is 0.646. The molecule has 2 nitrogen and oxygen atoms in total.